The lowest BCUT2D eigenvalue weighted by Crippen LogP contribution is -2.40. The maximum atomic E-state index is 5.68. The topological polar surface area (TPSA) is 29.3 Å². The molecule has 1 aliphatic rings. The van der Waals surface area contributed by atoms with Gasteiger partial charge in [-0.3, -0.25) is 4.90 Å². The summed E-state index contributed by atoms with van der Waals surface area (Å²) in [4.78, 5) is 2.62. The zero-order chi connectivity index (χ0) is 12.1. The fourth-order valence-electron chi connectivity index (χ4n) is 2.26. The highest BCUT2D eigenvalue weighted by molar-refractivity contribution is 7.99. The van der Waals surface area contributed by atoms with Crippen molar-refractivity contribution in [3.05, 3.63) is 29.8 Å². The molecule has 0 radical (unpaired) electrons. The zero-order valence-corrected chi connectivity index (χ0v) is 11.4. The molecule has 0 bridgehead atoms. The average molecular weight is 250 g/mol. The first-order valence-corrected chi connectivity index (χ1v) is 7.57. The van der Waals surface area contributed by atoms with E-state index in [4.69, 9.17) is 5.73 Å². The van der Waals surface area contributed by atoms with Gasteiger partial charge in [-0.25, -0.2) is 0 Å². The number of thioether (sulfide) groups is 1. The fraction of sp³-hybridized carbons (Fsp3) is 0.571. The van der Waals surface area contributed by atoms with Gasteiger partial charge in [-0.2, -0.15) is 11.8 Å². The van der Waals surface area contributed by atoms with Gasteiger partial charge >= 0.3 is 0 Å². The Balaban J connectivity index is 1.73. The van der Waals surface area contributed by atoms with Crippen molar-refractivity contribution in [3.63, 3.8) is 0 Å². The Hall–Kier alpha value is -0.670. The lowest BCUT2D eigenvalue weighted by molar-refractivity contribution is 0.230. The number of hydrogen-bond donors (Lipinski definition) is 1. The Morgan fingerprint density at radius 3 is 2.82 bits per heavy atom. The van der Waals surface area contributed by atoms with E-state index in [-0.39, 0.29) is 0 Å². The smallest absolute Gasteiger partial charge is 0.0314 e. The summed E-state index contributed by atoms with van der Waals surface area (Å²) in [7, 11) is 0. The van der Waals surface area contributed by atoms with Crippen molar-refractivity contribution in [1.82, 2.24) is 4.90 Å². The van der Waals surface area contributed by atoms with Gasteiger partial charge < -0.3 is 5.73 Å². The SMILES string of the molecule is CC1CSCCN1CCCc1ccc(N)cc1. The van der Waals surface area contributed by atoms with Crippen LogP contribution in [-0.2, 0) is 6.42 Å². The van der Waals surface area contributed by atoms with Crippen LogP contribution in [0.25, 0.3) is 0 Å². The lowest BCUT2D eigenvalue weighted by atomic mass is 10.1. The number of hydrogen-bond acceptors (Lipinski definition) is 3. The highest BCUT2D eigenvalue weighted by atomic mass is 32.2. The highest BCUT2D eigenvalue weighted by Gasteiger charge is 2.17. The van der Waals surface area contributed by atoms with Gasteiger partial charge in [0, 0.05) is 29.8 Å². The molecule has 1 atom stereocenters. The van der Waals surface area contributed by atoms with Gasteiger partial charge in [-0.1, -0.05) is 12.1 Å². The van der Waals surface area contributed by atoms with Crippen LogP contribution in [0.1, 0.15) is 18.9 Å². The van der Waals surface area contributed by atoms with Crippen LogP contribution in [0.4, 0.5) is 5.69 Å². The summed E-state index contributed by atoms with van der Waals surface area (Å²) in [5, 5.41) is 0. The summed E-state index contributed by atoms with van der Waals surface area (Å²) in [5.41, 5.74) is 7.94. The summed E-state index contributed by atoms with van der Waals surface area (Å²) in [6.07, 6.45) is 2.41. The molecule has 2 N–H and O–H groups in total. The Bertz CT molecular complexity index is 337. The van der Waals surface area contributed by atoms with Crippen molar-refractivity contribution in [2.75, 3.05) is 30.3 Å². The summed E-state index contributed by atoms with van der Waals surface area (Å²) in [6.45, 7) is 4.83. The lowest BCUT2D eigenvalue weighted by Gasteiger charge is -2.32. The molecule has 0 saturated carbocycles. The van der Waals surface area contributed by atoms with Crippen molar-refractivity contribution in [2.24, 2.45) is 0 Å². The van der Waals surface area contributed by atoms with Crippen molar-refractivity contribution in [3.8, 4) is 0 Å². The standard InChI is InChI=1S/C14H22N2S/c1-12-11-17-10-9-16(12)8-2-3-13-4-6-14(15)7-5-13/h4-7,12H,2-3,8-11,15H2,1H3. The molecule has 1 aliphatic heterocycles. The molecule has 0 spiro atoms. The van der Waals surface area contributed by atoms with Crippen LogP contribution in [0, 0.1) is 0 Å². The van der Waals surface area contributed by atoms with Gasteiger partial charge in [0.05, 0.1) is 0 Å². The second-order valence-corrected chi connectivity index (χ2v) is 5.95. The number of nitrogens with zero attached hydrogens (tertiary/aromatic N) is 1. The predicted octanol–water partition coefficient (Wildman–Crippen LogP) is 2.64. The van der Waals surface area contributed by atoms with Crippen molar-refractivity contribution in [2.45, 2.75) is 25.8 Å². The van der Waals surface area contributed by atoms with Crippen LogP contribution in [0.15, 0.2) is 24.3 Å². The van der Waals surface area contributed by atoms with E-state index >= 15 is 0 Å². The molecule has 0 amide bonds. The van der Waals surface area contributed by atoms with E-state index in [1.807, 2.05) is 12.1 Å². The molecular weight excluding hydrogens is 228 g/mol. The average Bonchev–Trinajstić information content (AvgIpc) is 2.34. The number of anilines is 1. The van der Waals surface area contributed by atoms with Crippen molar-refractivity contribution in [1.29, 1.82) is 0 Å². The van der Waals surface area contributed by atoms with Crippen LogP contribution in [0.2, 0.25) is 0 Å². The van der Waals surface area contributed by atoms with E-state index in [9.17, 15) is 0 Å². The van der Waals surface area contributed by atoms with E-state index in [2.05, 4.69) is 35.7 Å². The Kier molecular flexibility index (Phi) is 4.75. The summed E-state index contributed by atoms with van der Waals surface area (Å²) < 4.78 is 0. The molecule has 1 aromatic carbocycles. The van der Waals surface area contributed by atoms with Crippen LogP contribution in [0.5, 0.6) is 0 Å². The molecule has 1 saturated heterocycles. The molecule has 94 valence electrons. The van der Waals surface area contributed by atoms with Gasteiger partial charge in [0.2, 0.25) is 0 Å². The molecule has 1 fully saturated rings. The third kappa shape index (κ3) is 3.93. The minimum Gasteiger partial charge on any atom is -0.399 e. The second-order valence-electron chi connectivity index (χ2n) is 4.81. The Morgan fingerprint density at radius 2 is 2.12 bits per heavy atom. The van der Waals surface area contributed by atoms with Gasteiger partial charge in [0.25, 0.3) is 0 Å². The second kappa shape index (κ2) is 6.31. The van der Waals surface area contributed by atoms with Gasteiger partial charge in [-0.15, -0.1) is 0 Å². The molecule has 1 unspecified atom stereocenters. The van der Waals surface area contributed by atoms with Gasteiger partial charge in [-0.05, 0) is 44.0 Å². The zero-order valence-electron chi connectivity index (χ0n) is 10.6. The minimum absolute atomic E-state index is 0.750. The number of nitrogen functional groups attached to an aromatic ring is 1. The molecule has 1 heterocycles. The summed E-state index contributed by atoms with van der Waals surface area (Å²) >= 11 is 2.08. The summed E-state index contributed by atoms with van der Waals surface area (Å²) in [5.74, 6) is 2.59. The van der Waals surface area contributed by atoms with E-state index in [0.29, 0.717) is 0 Å². The first-order valence-electron chi connectivity index (χ1n) is 6.42. The summed E-state index contributed by atoms with van der Waals surface area (Å²) in [6, 6.07) is 9.03. The number of benzene rings is 1. The molecular formula is C14H22N2S. The monoisotopic (exact) mass is 250 g/mol. The minimum atomic E-state index is 0.750. The van der Waals surface area contributed by atoms with E-state index in [1.165, 1.54) is 36.6 Å². The Labute approximate surface area is 109 Å². The maximum absolute atomic E-state index is 5.68. The van der Waals surface area contributed by atoms with Crippen LogP contribution >= 0.6 is 11.8 Å². The van der Waals surface area contributed by atoms with Gasteiger partial charge in [0.1, 0.15) is 0 Å². The number of nitrogens with two attached hydrogens (primary N) is 1. The van der Waals surface area contributed by atoms with Crippen molar-refractivity contribution >= 4 is 17.4 Å². The first kappa shape index (κ1) is 12.8. The highest BCUT2D eigenvalue weighted by Crippen LogP contribution is 2.16. The largest absolute Gasteiger partial charge is 0.399 e. The predicted molar refractivity (Wildman–Crippen MR) is 77.5 cm³/mol. The molecule has 1 aromatic rings. The molecule has 0 aliphatic carbocycles. The quantitative estimate of drug-likeness (QED) is 0.833. The van der Waals surface area contributed by atoms with Crippen molar-refractivity contribution < 1.29 is 0 Å². The maximum Gasteiger partial charge on any atom is 0.0314 e. The molecule has 3 heteroatoms. The molecule has 0 aromatic heterocycles. The van der Waals surface area contributed by atoms with E-state index < -0.39 is 0 Å². The third-order valence-electron chi connectivity index (χ3n) is 3.40. The number of rotatable bonds is 4. The molecule has 17 heavy (non-hydrogen) atoms. The molecule has 2 nitrogen and oxygen atoms in total. The van der Waals surface area contributed by atoms with Crippen LogP contribution < -0.4 is 5.73 Å². The number of aryl methyl sites for hydroxylation is 1. The van der Waals surface area contributed by atoms with Crippen LogP contribution in [-0.4, -0.2) is 35.5 Å². The molecule has 2 rings (SSSR count). The fourth-order valence-corrected chi connectivity index (χ4v) is 3.35. The van der Waals surface area contributed by atoms with E-state index in [0.717, 1.165) is 18.2 Å². The van der Waals surface area contributed by atoms with E-state index in [1.54, 1.807) is 0 Å². The van der Waals surface area contributed by atoms with Crippen LogP contribution in [0.3, 0.4) is 0 Å². The first-order chi connectivity index (χ1) is 8.25. The third-order valence-corrected chi connectivity index (χ3v) is 4.59. The Morgan fingerprint density at radius 1 is 1.35 bits per heavy atom. The van der Waals surface area contributed by atoms with Gasteiger partial charge in [0.15, 0.2) is 0 Å². The normalized spacial score (nSPS) is 21.6.